The van der Waals surface area contributed by atoms with E-state index >= 15 is 0 Å². The second kappa shape index (κ2) is 8.13. The number of nitrogens with one attached hydrogen (secondary N) is 1. The average Bonchev–Trinajstić information content (AvgIpc) is 2.47. The normalized spacial score (nSPS) is 21.9. The zero-order chi connectivity index (χ0) is 16.0. The molecular weight excluding hydrogens is 282 g/mol. The van der Waals surface area contributed by atoms with Crippen molar-refractivity contribution < 1.29 is 14.3 Å². The molecule has 1 amide bonds. The van der Waals surface area contributed by atoms with Crippen LogP contribution in [-0.2, 0) is 9.47 Å². The lowest BCUT2D eigenvalue weighted by Crippen LogP contribution is -2.50. The van der Waals surface area contributed by atoms with Crippen molar-refractivity contribution in [3.05, 3.63) is 0 Å². The van der Waals surface area contributed by atoms with E-state index in [2.05, 4.69) is 10.2 Å². The molecule has 22 heavy (non-hydrogen) atoms. The topological polar surface area (TPSA) is 54.0 Å². The minimum absolute atomic E-state index is 0.196. The Bertz CT molecular complexity index is 343. The van der Waals surface area contributed by atoms with Crippen LogP contribution < -0.4 is 5.32 Å². The van der Waals surface area contributed by atoms with Crippen LogP contribution in [0.15, 0.2) is 0 Å². The first-order valence-corrected chi connectivity index (χ1v) is 8.47. The lowest BCUT2D eigenvalue weighted by atomic mass is 10.1. The van der Waals surface area contributed by atoms with Crippen LogP contribution in [0.2, 0.25) is 0 Å². The van der Waals surface area contributed by atoms with E-state index in [1.165, 1.54) is 0 Å². The fourth-order valence-corrected chi connectivity index (χ4v) is 2.79. The van der Waals surface area contributed by atoms with Gasteiger partial charge in [-0.1, -0.05) is 0 Å². The highest BCUT2D eigenvalue weighted by Gasteiger charge is 2.25. The van der Waals surface area contributed by atoms with Gasteiger partial charge in [-0.2, -0.15) is 0 Å². The van der Waals surface area contributed by atoms with Crippen molar-refractivity contribution in [1.29, 1.82) is 0 Å². The number of rotatable bonds is 4. The summed E-state index contributed by atoms with van der Waals surface area (Å²) in [6.45, 7) is 12.9. The second-order valence-electron chi connectivity index (χ2n) is 7.13. The van der Waals surface area contributed by atoms with Crippen molar-refractivity contribution in [2.24, 2.45) is 0 Å². The lowest BCUT2D eigenvalue weighted by Gasteiger charge is -2.35. The molecule has 2 aliphatic heterocycles. The molecule has 1 N–H and O–H groups in total. The largest absolute Gasteiger partial charge is 0.444 e. The van der Waals surface area contributed by atoms with Crippen LogP contribution >= 0.6 is 0 Å². The maximum absolute atomic E-state index is 12.0. The van der Waals surface area contributed by atoms with Gasteiger partial charge in [-0.25, -0.2) is 4.79 Å². The predicted octanol–water partition coefficient (Wildman–Crippen LogP) is 1.31. The molecule has 2 heterocycles. The molecule has 0 aliphatic carbocycles. The standard InChI is InChI=1S/C16H31N3O3/c1-16(2,3)22-15(20)19-10-8-18(9-11-19)12-13-21-14-4-6-17-7-5-14/h14,17H,4-13H2,1-3H3. The monoisotopic (exact) mass is 313 g/mol. The smallest absolute Gasteiger partial charge is 0.410 e. The van der Waals surface area contributed by atoms with Gasteiger partial charge >= 0.3 is 6.09 Å². The zero-order valence-electron chi connectivity index (χ0n) is 14.3. The molecule has 2 rings (SSSR count). The molecule has 6 heteroatoms. The predicted molar refractivity (Wildman–Crippen MR) is 86.1 cm³/mol. The van der Waals surface area contributed by atoms with Crippen molar-refractivity contribution in [2.45, 2.75) is 45.3 Å². The Labute approximate surface area is 134 Å². The first kappa shape index (κ1) is 17.5. The maximum atomic E-state index is 12.0. The van der Waals surface area contributed by atoms with E-state index in [1.807, 2.05) is 20.8 Å². The molecule has 0 saturated carbocycles. The number of hydrogen-bond donors (Lipinski definition) is 1. The summed E-state index contributed by atoms with van der Waals surface area (Å²) in [6.07, 6.45) is 2.46. The number of ether oxygens (including phenoxy) is 2. The summed E-state index contributed by atoms with van der Waals surface area (Å²) in [7, 11) is 0. The van der Waals surface area contributed by atoms with Crippen LogP contribution in [0.25, 0.3) is 0 Å². The molecule has 0 atom stereocenters. The van der Waals surface area contributed by atoms with Gasteiger partial charge in [0.2, 0.25) is 0 Å². The molecule has 0 aromatic carbocycles. The van der Waals surface area contributed by atoms with Crippen molar-refractivity contribution in [3.63, 3.8) is 0 Å². The minimum atomic E-state index is -0.420. The molecule has 0 aromatic heterocycles. The molecule has 0 radical (unpaired) electrons. The average molecular weight is 313 g/mol. The van der Waals surface area contributed by atoms with E-state index < -0.39 is 5.60 Å². The lowest BCUT2D eigenvalue weighted by molar-refractivity contribution is 0.000782. The molecule has 0 bridgehead atoms. The molecule has 2 aliphatic rings. The Morgan fingerprint density at radius 2 is 1.77 bits per heavy atom. The summed E-state index contributed by atoms with van der Waals surface area (Å²) in [5.74, 6) is 0. The summed E-state index contributed by atoms with van der Waals surface area (Å²) < 4.78 is 11.3. The highest BCUT2D eigenvalue weighted by Crippen LogP contribution is 2.12. The number of carbonyl (C=O) groups is 1. The van der Waals surface area contributed by atoms with Gasteiger partial charge in [0.1, 0.15) is 5.60 Å². The molecule has 128 valence electrons. The zero-order valence-corrected chi connectivity index (χ0v) is 14.3. The maximum Gasteiger partial charge on any atom is 0.410 e. The number of piperazine rings is 1. The van der Waals surface area contributed by atoms with Crippen molar-refractivity contribution in [3.8, 4) is 0 Å². The van der Waals surface area contributed by atoms with Crippen LogP contribution in [0.3, 0.4) is 0 Å². The van der Waals surface area contributed by atoms with E-state index in [0.717, 1.165) is 65.3 Å². The first-order valence-electron chi connectivity index (χ1n) is 8.47. The summed E-state index contributed by atoms with van der Waals surface area (Å²) in [5.41, 5.74) is -0.420. The molecule has 6 nitrogen and oxygen atoms in total. The van der Waals surface area contributed by atoms with Crippen molar-refractivity contribution in [2.75, 3.05) is 52.4 Å². The minimum Gasteiger partial charge on any atom is -0.444 e. The van der Waals surface area contributed by atoms with Crippen LogP contribution in [-0.4, -0.2) is 80.0 Å². The Morgan fingerprint density at radius 1 is 1.14 bits per heavy atom. The molecular formula is C16H31N3O3. The fraction of sp³-hybridized carbons (Fsp3) is 0.938. The highest BCUT2D eigenvalue weighted by molar-refractivity contribution is 5.68. The second-order valence-corrected chi connectivity index (χ2v) is 7.13. The van der Waals surface area contributed by atoms with Gasteiger partial charge in [0.25, 0.3) is 0 Å². The molecule has 0 spiro atoms. The molecule has 0 aromatic rings. The van der Waals surface area contributed by atoms with E-state index in [4.69, 9.17) is 9.47 Å². The van der Waals surface area contributed by atoms with Crippen LogP contribution in [0, 0.1) is 0 Å². The third-order valence-electron chi connectivity index (χ3n) is 4.07. The fourth-order valence-electron chi connectivity index (χ4n) is 2.79. The van der Waals surface area contributed by atoms with E-state index in [1.54, 1.807) is 4.90 Å². The van der Waals surface area contributed by atoms with E-state index in [-0.39, 0.29) is 6.09 Å². The summed E-state index contributed by atoms with van der Waals surface area (Å²) in [5, 5.41) is 3.35. The first-order chi connectivity index (χ1) is 10.4. The van der Waals surface area contributed by atoms with Crippen molar-refractivity contribution >= 4 is 6.09 Å². The van der Waals surface area contributed by atoms with Crippen LogP contribution in [0.1, 0.15) is 33.6 Å². The Balaban J connectivity index is 1.59. The SMILES string of the molecule is CC(C)(C)OC(=O)N1CCN(CCOC2CCNCC2)CC1. The van der Waals surface area contributed by atoms with Gasteiger partial charge in [0, 0.05) is 32.7 Å². The van der Waals surface area contributed by atoms with E-state index in [0.29, 0.717) is 6.10 Å². The van der Waals surface area contributed by atoms with Gasteiger partial charge in [-0.05, 0) is 46.7 Å². The van der Waals surface area contributed by atoms with E-state index in [9.17, 15) is 4.79 Å². The quantitative estimate of drug-likeness (QED) is 0.848. The van der Waals surface area contributed by atoms with Gasteiger partial charge in [-0.15, -0.1) is 0 Å². The van der Waals surface area contributed by atoms with Crippen LogP contribution in [0.4, 0.5) is 4.79 Å². The highest BCUT2D eigenvalue weighted by atomic mass is 16.6. The third-order valence-corrected chi connectivity index (χ3v) is 4.07. The number of amides is 1. The Morgan fingerprint density at radius 3 is 2.36 bits per heavy atom. The molecule has 2 saturated heterocycles. The molecule has 2 fully saturated rings. The van der Waals surface area contributed by atoms with Crippen molar-refractivity contribution in [1.82, 2.24) is 15.1 Å². The van der Waals surface area contributed by atoms with Gasteiger partial charge in [0.05, 0.1) is 12.7 Å². The number of carbonyl (C=O) groups excluding carboxylic acids is 1. The Kier molecular flexibility index (Phi) is 6.47. The summed E-state index contributed by atoms with van der Waals surface area (Å²) >= 11 is 0. The van der Waals surface area contributed by atoms with Crippen LogP contribution in [0.5, 0.6) is 0 Å². The van der Waals surface area contributed by atoms with Gasteiger partial charge < -0.3 is 19.7 Å². The number of piperidine rings is 1. The third kappa shape index (κ3) is 6.10. The van der Waals surface area contributed by atoms with Gasteiger partial charge in [-0.3, -0.25) is 4.90 Å². The summed E-state index contributed by atoms with van der Waals surface area (Å²) in [4.78, 5) is 16.2. The summed E-state index contributed by atoms with van der Waals surface area (Å²) in [6, 6.07) is 0. The van der Waals surface area contributed by atoms with Gasteiger partial charge in [0.15, 0.2) is 0 Å². The number of nitrogens with zero attached hydrogens (tertiary/aromatic N) is 2. The molecule has 0 unspecified atom stereocenters. The Hall–Kier alpha value is -0.850. The number of hydrogen-bond acceptors (Lipinski definition) is 5.